The Hall–Kier alpha value is -3.38. The van der Waals surface area contributed by atoms with Gasteiger partial charge in [0.15, 0.2) is 10.8 Å². The topological polar surface area (TPSA) is 68.3 Å². The zero-order valence-corrected chi connectivity index (χ0v) is 19.1. The number of thiazole rings is 1. The zero-order valence-electron chi connectivity index (χ0n) is 18.3. The van der Waals surface area contributed by atoms with Gasteiger partial charge in [-0.3, -0.25) is 4.79 Å². The van der Waals surface area contributed by atoms with Gasteiger partial charge in [0.2, 0.25) is 0 Å². The Labute approximate surface area is 189 Å². The summed E-state index contributed by atoms with van der Waals surface area (Å²) in [6.45, 7) is 7.12. The van der Waals surface area contributed by atoms with Gasteiger partial charge in [0.1, 0.15) is 5.58 Å². The number of carboxylic acids is 1. The van der Waals surface area contributed by atoms with Crippen molar-refractivity contribution in [1.82, 2.24) is 9.55 Å². The highest BCUT2D eigenvalue weighted by Crippen LogP contribution is 2.33. The molecule has 3 aromatic heterocycles. The molecule has 0 atom stereocenters. The summed E-state index contributed by atoms with van der Waals surface area (Å²) in [6.07, 6.45) is 1.97. The number of aromatic nitrogens is 2. The maximum atomic E-state index is 11.3. The molecule has 6 heteroatoms. The Kier molecular flexibility index (Phi) is 4.90. The molecule has 1 N–H and O–H groups in total. The summed E-state index contributed by atoms with van der Waals surface area (Å²) >= 11 is 1.60. The van der Waals surface area contributed by atoms with Crippen molar-refractivity contribution in [1.29, 1.82) is 0 Å². The van der Waals surface area contributed by atoms with Gasteiger partial charge in [-0.15, -0.1) is 11.3 Å². The third-order valence-corrected chi connectivity index (χ3v) is 6.49. The number of carboxylic acid groups (broad SMARTS) is 1. The van der Waals surface area contributed by atoms with Gasteiger partial charge in [-0.1, -0.05) is 45.0 Å². The van der Waals surface area contributed by atoms with Crippen LogP contribution < -0.4 is 0 Å². The van der Waals surface area contributed by atoms with Crippen LogP contribution >= 0.6 is 11.3 Å². The smallest absolute Gasteiger partial charge is 0.307 e. The fraction of sp³-hybridized carbons (Fsp3) is 0.231. The van der Waals surface area contributed by atoms with Crippen molar-refractivity contribution in [2.45, 2.75) is 39.2 Å². The van der Waals surface area contributed by atoms with Crippen LogP contribution in [0.2, 0.25) is 0 Å². The molecule has 5 aromatic rings. The summed E-state index contributed by atoms with van der Waals surface area (Å²) < 4.78 is 8.20. The van der Waals surface area contributed by atoms with Crippen molar-refractivity contribution in [3.05, 3.63) is 76.9 Å². The molecular weight excluding hydrogens is 420 g/mol. The van der Waals surface area contributed by atoms with Crippen LogP contribution in [0.5, 0.6) is 0 Å². The summed E-state index contributed by atoms with van der Waals surface area (Å²) in [5.74, 6) is -0.0372. The van der Waals surface area contributed by atoms with E-state index in [1.54, 1.807) is 11.3 Å². The van der Waals surface area contributed by atoms with Crippen LogP contribution in [0.3, 0.4) is 0 Å². The van der Waals surface area contributed by atoms with Gasteiger partial charge in [0, 0.05) is 39.8 Å². The Morgan fingerprint density at radius 2 is 1.97 bits per heavy atom. The Balaban J connectivity index is 1.47. The molecule has 0 spiro atoms. The lowest BCUT2D eigenvalue weighted by atomic mass is 9.93. The SMILES string of the molecule is CC(C)(C)c1csc(-c2cc3cc(Cn4cc(CC(=O)O)c5ccccc54)ccc3o2)n1. The molecule has 162 valence electrons. The van der Waals surface area contributed by atoms with Gasteiger partial charge in [-0.25, -0.2) is 4.98 Å². The Morgan fingerprint density at radius 3 is 2.72 bits per heavy atom. The molecular formula is C26H24N2O3S. The molecule has 32 heavy (non-hydrogen) atoms. The highest BCUT2D eigenvalue weighted by atomic mass is 32.1. The fourth-order valence-corrected chi connectivity index (χ4v) is 4.98. The van der Waals surface area contributed by atoms with E-state index in [4.69, 9.17) is 9.40 Å². The summed E-state index contributed by atoms with van der Waals surface area (Å²) in [4.78, 5) is 16.0. The van der Waals surface area contributed by atoms with Crippen molar-refractivity contribution < 1.29 is 14.3 Å². The first-order valence-electron chi connectivity index (χ1n) is 10.6. The minimum atomic E-state index is -0.822. The molecule has 0 radical (unpaired) electrons. The molecule has 5 rings (SSSR count). The average Bonchev–Trinajstić information content (AvgIpc) is 3.45. The molecule has 0 bridgehead atoms. The first kappa shape index (κ1) is 20.5. The van der Waals surface area contributed by atoms with Crippen LogP contribution in [-0.2, 0) is 23.2 Å². The minimum absolute atomic E-state index is 0.00691. The van der Waals surface area contributed by atoms with E-state index in [-0.39, 0.29) is 11.8 Å². The number of benzene rings is 2. The number of hydrogen-bond donors (Lipinski definition) is 1. The molecule has 0 amide bonds. The number of furan rings is 1. The van der Waals surface area contributed by atoms with Crippen LogP contribution in [0.25, 0.3) is 32.6 Å². The van der Waals surface area contributed by atoms with Crippen molar-refractivity contribution in [3.8, 4) is 10.8 Å². The largest absolute Gasteiger partial charge is 0.481 e. The maximum Gasteiger partial charge on any atom is 0.307 e. The lowest BCUT2D eigenvalue weighted by molar-refractivity contribution is -0.136. The van der Waals surface area contributed by atoms with Crippen LogP contribution in [0.15, 0.2) is 64.5 Å². The van der Waals surface area contributed by atoms with Crippen LogP contribution in [0.4, 0.5) is 0 Å². The summed E-state index contributed by atoms with van der Waals surface area (Å²) in [5, 5.41) is 14.3. The maximum absolute atomic E-state index is 11.3. The molecule has 0 saturated heterocycles. The van der Waals surface area contributed by atoms with E-state index >= 15 is 0 Å². The number of fused-ring (bicyclic) bond motifs is 2. The molecule has 0 aliphatic heterocycles. The molecule has 2 aromatic carbocycles. The Bertz CT molecular complexity index is 1450. The second-order valence-corrected chi connectivity index (χ2v) is 10.00. The third-order valence-electron chi connectivity index (χ3n) is 5.63. The molecule has 3 heterocycles. The zero-order chi connectivity index (χ0) is 22.5. The third kappa shape index (κ3) is 3.82. The van der Waals surface area contributed by atoms with E-state index in [0.29, 0.717) is 6.54 Å². The molecule has 0 aliphatic rings. The van der Waals surface area contributed by atoms with E-state index in [9.17, 15) is 9.90 Å². The summed E-state index contributed by atoms with van der Waals surface area (Å²) in [7, 11) is 0. The van der Waals surface area contributed by atoms with Gasteiger partial charge >= 0.3 is 5.97 Å². The predicted octanol–water partition coefficient (Wildman–Crippen LogP) is 6.48. The summed E-state index contributed by atoms with van der Waals surface area (Å²) in [6, 6.07) is 16.2. The van der Waals surface area contributed by atoms with E-state index < -0.39 is 5.97 Å². The summed E-state index contributed by atoms with van der Waals surface area (Å²) in [5.41, 5.74) is 4.90. The number of para-hydroxylation sites is 1. The van der Waals surface area contributed by atoms with Gasteiger partial charge in [0.05, 0.1) is 12.1 Å². The first-order valence-corrected chi connectivity index (χ1v) is 11.4. The number of carbonyl (C=O) groups is 1. The molecule has 5 nitrogen and oxygen atoms in total. The predicted molar refractivity (Wildman–Crippen MR) is 128 cm³/mol. The fourth-order valence-electron chi connectivity index (χ4n) is 3.98. The van der Waals surface area contributed by atoms with Crippen molar-refractivity contribution >= 4 is 39.2 Å². The highest BCUT2D eigenvalue weighted by Gasteiger charge is 2.19. The number of rotatable bonds is 5. The van der Waals surface area contributed by atoms with Gasteiger partial charge in [-0.2, -0.15) is 0 Å². The van der Waals surface area contributed by atoms with Crippen molar-refractivity contribution in [3.63, 3.8) is 0 Å². The van der Waals surface area contributed by atoms with Crippen molar-refractivity contribution in [2.75, 3.05) is 0 Å². The van der Waals surface area contributed by atoms with Crippen LogP contribution in [0, 0.1) is 0 Å². The number of nitrogens with zero attached hydrogens (tertiary/aromatic N) is 2. The first-order chi connectivity index (χ1) is 15.3. The number of hydrogen-bond acceptors (Lipinski definition) is 4. The van der Waals surface area contributed by atoms with E-state index in [2.05, 4.69) is 42.9 Å². The molecule has 0 saturated carbocycles. The second-order valence-electron chi connectivity index (χ2n) is 9.14. The van der Waals surface area contributed by atoms with E-state index in [1.165, 1.54) is 0 Å². The quantitative estimate of drug-likeness (QED) is 0.337. The van der Waals surface area contributed by atoms with Crippen LogP contribution in [-0.4, -0.2) is 20.6 Å². The van der Waals surface area contributed by atoms with E-state index in [0.717, 1.165) is 49.5 Å². The lowest BCUT2D eigenvalue weighted by Crippen LogP contribution is -2.11. The normalized spacial score (nSPS) is 12.1. The van der Waals surface area contributed by atoms with Gasteiger partial charge in [-0.05, 0) is 35.4 Å². The number of aliphatic carboxylic acids is 1. The molecule has 0 aliphatic carbocycles. The average molecular weight is 445 g/mol. The van der Waals surface area contributed by atoms with Crippen molar-refractivity contribution in [2.24, 2.45) is 0 Å². The second kappa shape index (κ2) is 7.64. The molecule has 0 unspecified atom stereocenters. The Morgan fingerprint density at radius 1 is 1.16 bits per heavy atom. The van der Waals surface area contributed by atoms with E-state index in [1.807, 2.05) is 42.6 Å². The monoisotopic (exact) mass is 444 g/mol. The van der Waals surface area contributed by atoms with Crippen LogP contribution in [0.1, 0.15) is 37.6 Å². The lowest BCUT2D eigenvalue weighted by Gasteiger charge is -2.13. The highest BCUT2D eigenvalue weighted by molar-refractivity contribution is 7.13. The minimum Gasteiger partial charge on any atom is -0.481 e. The van der Waals surface area contributed by atoms with Gasteiger partial charge < -0.3 is 14.1 Å². The molecule has 0 fully saturated rings. The standard InChI is InChI=1S/C26H24N2O3S/c1-26(2,3)23-15-32-25(27-23)22-11-17-10-16(8-9-21(17)31-22)13-28-14-18(12-24(29)30)19-6-4-5-7-20(19)28/h4-11,14-15H,12-13H2,1-3H3,(H,29,30). The van der Waals surface area contributed by atoms with Gasteiger partial charge in [0.25, 0.3) is 0 Å².